The number of carbonyl (C=O) groups excluding carboxylic acids is 2. The predicted octanol–water partition coefficient (Wildman–Crippen LogP) is 3.55. The topological polar surface area (TPSA) is 98.5 Å². The number of carbonyl (C=O) groups is 2. The molecular formula is C18H18N2O5. The summed E-state index contributed by atoms with van der Waals surface area (Å²) in [6, 6.07) is 11.1. The van der Waals surface area contributed by atoms with Gasteiger partial charge in [-0.15, -0.1) is 0 Å². The standard InChI is InChI=1S/C18H18N2O5/c1-12(2)13-3-5-15(6-4-13)19-18(22)11-25-17-8-7-16(20(23)24)9-14(17)10-21/h3-10,12H,11H2,1-2H3,(H,19,22). The van der Waals surface area contributed by atoms with Gasteiger partial charge in [0.2, 0.25) is 0 Å². The molecule has 0 heterocycles. The Labute approximate surface area is 144 Å². The van der Waals surface area contributed by atoms with E-state index in [0.29, 0.717) is 17.9 Å². The Morgan fingerprint density at radius 3 is 2.48 bits per heavy atom. The summed E-state index contributed by atoms with van der Waals surface area (Å²) in [5.41, 5.74) is 1.60. The highest BCUT2D eigenvalue weighted by Crippen LogP contribution is 2.23. The van der Waals surface area contributed by atoms with Crippen LogP contribution in [0.2, 0.25) is 0 Å². The van der Waals surface area contributed by atoms with Gasteiger partial charge in [0.1, 0.15) is 5.75 Å². The van der Waals surface area contributed by atoms with Crippen LogP contribution in [0, 0.1) is 10.1 Å². The summed E-state index contributed by atoms with van der Waals surface area (Å²) in [4.78, 5) is 33.1. The maximum absolute atomic E-state index is 11.9. The number of nitrogens with zero attached hydrogens (tertiary/aromatic N) is 1. The lowest BCUT2D eigenvalue weighted by atomic mass is 10.0. The average molecular weight is 342 g/mol. The zero-order valence-electron chi connectivity index (χ0n) is 13.9. The van der Waals surface area contributed by atoms with Gasteiger partial charge in [-0.3, -0.25) is 19.7 Å². The number of hydrogen-bond acceptors (Lipinski definition) is 5. The second-order valence-electron chi connectivity index (χ2n) is 5.71. The van der Waals surface area contributed by atoms with E-state index in [9.17, 15) is 19.7 Å². The van der Waals surface area contributed by atoms with Crippen molar-refractivity contribution in [2.45, 2.75) is 19.8 Å². The lowest BCUT2D eigenvalue weighted by Crippen LogP contribution is -2.20. The fourth-order valence-electron chi connectivity index (χ4n) is 2.16. The minimum absolute atomic E-state index is 0.0169. The molecule has 130 valence electrons. The van der Waals surface area contributed by atoms with Crippen molar-refractivity contribution < 1.29 is 19.2 Å². The van der Waals surface area contributed by atoms with Crippen LogP contribution in [0.15, 0.2) is 42.5 Å². The molecule has 0 unspecified atom stereocenters. The Balaban J connectivity index is 1.97. The molecular weight excluding hydrogens is 324 g/mol. The first-order valence-corrected chi connectivity index (χ1v) is 7.67. The Kier molecular flexibility index (Phi) is 5.84. The molecule has 0 atom stereocenters. The van der Waals surface area contributed by atoms with Gasteiger partial charge < -0.3 is 10.1 Å². The van der Waals surface area contributed by atoms with E-state index in [1.807, 2.05) is 12.1 Å². The summed E-state index contributed by atoms with van der Waals surface area (Å²) < 4.78 is 5.29. The van der Waals surface area contributed by atoms with E-state index in [1.54, 1.807) is 12.1 Å². The Morgan fingerprint density at radius 1 is 1.24 bits per heavy atom. The predicted molar refractivity (Wildman–Crippen MR) is 93.1 cm³/mol. The zero-order valence-corrected chi connectivity index (χ0v) is 13.9. The van der Waals surface area contributed by atoms with Crippen molar-refractivity contribution in [1.82, 2.24) is 0 Å². The van der Waals surface area contributed by atoms with Gasteiger partial charge in [0, 0.05) is 17.8 Å². The molecule has 0 saturated carbocycles. The molecule has 0 aliphatic rings. The van der Waals surface area contributed by atoms with Crippen LogP contribution in [0.25, 0.3) is 0 Å². The number of hydrogen-bond donors (Lipinski definition) is 1. The molecule has 25 heavy (non-hydrogen) atoms. The zero-order chi connectivity index (χ0) is 18.4. The van der Waals surface area contributed by atoms with Crippen LogP contribution in [0.5, 0.6) is 5.75 Å². The number of aldehydes is 1. The molecule has 2 rings (SSSR count). The monoisotopic (exact) mass is 342 g/mol. The summed E-state index contributed by atoms with van der Waals surface area (Å²) in [5, 5.41) is 13.4. The normalized spacial score (nSPS) is 10.4. The molecule has 0 radical (unpaired) electrons. The molecule has 0 aromatic heterocycles. The van der Waals surface area contributed by atoms with E-state index in [4.69, 9.17) is 4.74 Å². The number of nitro benzene ring substituents is 1. The van der Waals surface area contributed by atoms with E-state index < -0.39 is 10.8 Å². The SMILES string of the molecule is CC(C)c1ccc(NC(=O)COc2ccc([N+](=O)[O-])cc2C=O)cc1. The molecule has 0 fully saturated rings. The molecule has 0 saturated heterocycles. The molecule has 7 nitrogen and oxygen atoms in total. The van der Waals surface area contributed by atoms with E-state index in [-0.39, 0.29) is 23.6 Å². The smallest absolute Gasteiger partial charge is 0.270 e. The summed E-state index contributed by atoms with van der Waals surface area (Å²) in [6.07, 6.45) is 0.449. The fourth-order valence-corrected chi connectivity index (χ4v) is 2.16. The highest BCUT2D eigenvalue weighted by atomic mass is 16.6. The first kappa shape index (κ1) is 18.1. The van der Waals surface area contributed by atoms with Crippen LogP contribution >= 0.6 is 0 Å². The van der Waals surface area contributed by atoms with Crippen LogP contribution in [-0.2, 0) is 4.79 Å². The average Bonchev–Trinajstić information content (AvgIpc) is 2.60. The van der Waals surface area contributed by atoms with Gasteiger partial charge in [-0.05, 0) is 29.7 Å². The molecule has 0 aliphatic carbocycles. The number of amides is 1. The summed E-state index contributed by atoms with van der Waals surface area (Å²) in [7, 11) is 0. The minimum atomic E-state index is -0.607. The third kappa shape index (κ3) is 4.87. The summed E-state index contributed by atoms with van der Waals surface area (Å²) >= 11 is 0. The molecule has 0 spiro atoms. The van der Waals surface area contributed by atoms with Crippen LogP contribution in [-0.4, -0.2) is 23.7 Å². The van der Waals surface area contributed by atoms with Crippen LogP contribution < -0.4 is 10.1 Å². The van der Waals surface area contributed by atoms with Crippen molar-refractivity contribution in [3.63, 3.8) is 0 Å². The van der Waals surface area contributed by atoms with Gasteiger partial charge in [0.15, 0.2) is 12.9 Å². The highest BCUT2D eigenvalue weighted by Gasteiger charge is 2.12. The second-order valence-corrected chi connectivity index (χ2v) is 5.71. The maximum atomic E-state index is 11.9. The van der Waals surface area contributed by atoms with Crippen LogP contribution in [0.1, 0.15) is 35.7 Å². The highest BCUT2D eigenvalue weighted by molar-refractivity contribution is 5.92. The Morgan fingerprint density at radius 2 is 1.92 bits per heavy atom. The lowest BCUT2D eigenvalue weighted by molar-refractivity contribution is -0.384. The molecule has 7 heteroatoms. The number of anilines is 1. The number of rotatable bonds is 7. The largest absolute Gasteiger partial charge is 0.483 e. The first-order chi connectivity index (χ1) is 11.9. The van der Waals surface area contributed by atoms with Crippen molar-refractivity contribution in [2.24, 2.45) is 0 Å². The molecule has 0 bridgehead atoms. The molecule has 1 N–H and O–H groups in total. The molecule has 2 aromatic rings. The lowest BCUT2D eigenvalue weighted by Gasteiger charge is -2.10. The van der Waals surface area contributed by atoms with E-state index in [0.717, 1.165) is 11.6 Å². The van der Waals surface area contributed by atoms with Crippen LogP contribution in [0.3, 0.4) is 0 Å². The molecule has 1 amide bonds. The van der Waals surface area contributed by atoms with Crippen LogP contribution in [0.4, 0.5) is 11.4 Å². The van der Waals surface area contributed by atoms with E-state index in [1.165, 1.54) is 12.1 Å². The molecule has 2 aromatic carbocycles. The van der Waals surface area contributed by atoms with Gasteiger partial charge in [0.25, 0.3) is 11.6 Å². The minimum Gasteiger partial charge on any atom is -0.483 e. The number of ether oxygens (including phenoxy) is 1. The number of benzene rings is 2. The number of nitro groups is 1. The van der Waals surface area contributed by atoms with Gasteiger partial charge >= 0.3 is 0 Å². The Hall–Kier alpha value is -3.22. The Bertz CT molecular complexity index is 785. The van der Waals surface area contributed by atoms with Crippen molar-refractivity contribution in [1.29, 1.82) is 0 Å². The number of non-ortho nitro benzene ring substituents is 1. The van der Waals surface area contributed by atoms with Gasteiger partial charge in [0.05, 0.1) is 10.5 Å². The fraction of sp³-hybridized carbons (Fsp3) is 0.222. The van der Waals surface area contributed by atoms with E-state index >= 15 is 0 Å². The van der Waals surface area contributed by atoms with Crippen molar-refractivity contribution in [3.05, 3.63) is 63.7 Å². The second kappa shape index (κ2) is 8.05. The van der Waals surface area contributed by atoms with Gasteiger partial charge in [-0.2, -0.15) is 0 Å². The van der Waals surface area contributed by atoms with Gasteiger partial charge in [-0.25, -0.2) is 0 Å². The molecule has 0 aliphatic heterocycles. The quantitative estimate of drug-likeness (QED) is 0.471. The van der Waals surface area contributed by atoms with Crippen molar-refractivity contribution >= 4 is 23.6 Å². The van der Waals surface area contributed by atoms with Crippen molar-refractivity contribution in [2.75, 3.05) is 11.9 Å². The summed E-state index contributed by atoms with van der Waals surface area (Å²) in [5.74, 6) is 0.121. The maximum Gasteiger partial charge on any atom is 0.270 e. The van der Waals surface area contributed by atoms with Crippen molar-refractivity contribution in [3.8, 4) is 5.75 Å². The number of nitrogens with one attached hydrogen (secondary N) is 1. The first-order valence-electron chi connectivity index (χ1n) is 7.67. The third-order valence-corrected chi connectivity index (χ3v) is 3.55. The summed E-state index contributed by atoms with van der Waals surface area (Å²) in [6.45, 7) is 3.84. The van der Waals surface area contributed by atoms with E-state index in [2.05, 4.69) is 19.2 Å². The third-order valence-electron chi connectivity index (χ3n) is 3.55. The van der Waals surface area contributed by atoms with Gasteiger partial charge in [-0.1, -0.05) is 26.0 Å².